The average molecular weight is 1220 g/mol. The van der Waals surface area contributed by atoms with E-state index in [0.29, 0.717) is 0 Å². The van der Waals surface area contributed by atoms with Gasteiger partial charge in [-0.15, -0.1) is 0 Å². The van der Waals surface area contributed by atoms with Gasteiger partial charge in [0.25, 0.3) is 0 Å². The highest BCUT2D eigenvalue weighted by Crippen LogP contribution is 2.55. The zero-order valence-electron chi connectivity index (χ0n) is 54.6. The highest BCUT2D eigenvalue weighted by atomic mass is 15.2. The summed E-state index contributed by atoms with van der Waals surface area (Å²) in [7, 11) is 0. The molecule has 0 saturated heterocycles. The molecule has 17 rings (SSSR count). The molecule has 0 unspecified atom stereocenters. The number of anilines is 6. The summed E-state index contributed by atoms with van der Waals surface area (Å²) in [5.74, 6) is 0. The molecule has 0 bridgehead atoms. The van der Waals surface area contributed by atoms with Crippen LogP contribution in [0, 0.1) is 0 Å². The van der Waals surface area contributed by atoms with E-state index in [-0.39, 0.29) is 16.2 Å². The van der Waals surface area contributed by atoms with Crippen molar-refractivity contribution >= 4 is 80.0 Å². The lowest BCUT2D eigenvalue weighted by atomic mass is 9.81. The Kier molecular flexibility index (Phi) is 13.6. The maximum absolute atomic E-state index is 2.45. The maximum Gasteiger partial charge on any atom is 0.0540 e. The highest BCUT2D eigenvalue weighted by Gasteiger charge is 2.39. The van der Waals surface area contributed by atoms with Crippen molar-refractivity contribution in [2.24, 2.45) is 0 Å². The van der Waals surface area contributed by atoms with E-state index in [0.717, 1.165) is 34.1 Å². The van der Waals surface area contributed by atoms with Gasteiger partial charge in [0.05, 0.1) is 11.4 Å². The second-order valence-electron chi connectivity index (χ2n) is 27.7. The fourth-order valence-electron chi connectivity index (χ4n) is 15.9. The molecule has 454 valence electrons. The Labute approximate surface area is 558 Å². The summed E-state index contributed by atoms with van der Waals surface area (Å²) in [5, 5.41) is 4.90. The molecule has 0 radical (unpaired) electrons. The van der Waals surface area contributed by atoms with Crippen LogP contribution >= 0.6 is 0 Å². The van der Waals surface area contributed by atoms with Crippen LogP contribution in [-0.4, -0.2) is 0 Å². The number of para-hydroxylation sites is 2. The molecule has 0 saturated carbocycles. The summed E-state index contributed by atoms with van der Waals surface area (Å²) in [6, 6.07) is 113. The zero-order valence-corrected chi connectivity index (χ0v) is 54.6. The summed E-state index contributed by atoms with van der Waals surface area (Å²) in [6.07, 6.45) is 9.21. The molecule has 3 aliphatic carbocycles. The Morgan fingerprint density at radius 1 is 0.211 bits per heavy atom. The van der Waals surface area contributed by atoms with Crippen LogP contribution in [0.5, 0.6) is 0 Å². The zero-order chi connectivity index (χ0) is 64.2. The topological polar surface area (TPSA) is 6.48 Å². The highest BCUT2D eigenvalue weighted by molar-refractivity contribution is 5.97. The number of fused-ring (bicyclic) bond motifs is 11. The van der Waals surface area contributed by atoms with Gasteiger partial charge in [-0.2, -0.15) is 0 Å². The van der Waals surface area contributed by atoms with Gasteiger partial charge in [-0.25, -0.2) is 0 Å². The first-order valence-electron chi connectivity index (χ1n) is 33.4. The second kappa shape index (κ2) is 22.5. The average Bonchev–Trinajstić information content (AvgIpc) is 1.60. The van der Waals surface area contributed by atoms with Gasteiger partial charge in [-0.3, -0.25) is 0 Å². The monoisotopic (exact) mass is 1220 g/mol. The fourth-order valence-corrected chi connectivity index (χ4v) is 15.9. The molecule has 0 N–H and O–H groups in total. The molecular formula is C93H72N2. The second-order valence-corrected chi connectivity index (χ2v) is 27.7. The van der Waals surface area contributed by atoms with Crippen LogP contribution in [0.15, 0.2) is 303 Å². The first kappa shape index (κ1) is 57.6. The quantitative estimate of drug-likeness (QED) is 0.113. The molecular weight excluding hydrogens is 1150 g/mol. The molecule has 0 heterocycles. The van der Waals surface area contributed by atoms with Crippen molar-refractivity contribution in [1.29, 1.82) is 0 Å². The van der Waals surface area contributed by atoms with Gasteiger partial charge in [-0.05, 0) is 182 Å². The molecule has 0 fully saturated rings. The summed E-state index contributed by atoms with van der Waals surface area (Å²) >= 11 is 0. The van der Waals surface area contributed by atoms with Crippen molar-refractivity contribution in [3.63, 3.8) is 0 Å². The Hall–Kier alpha value is -11.3. The maximum atomic E-state index is 2.45. The van der Waals surface area contributed by atoms with E-state index in [4.69, 9.17) is 0 Å². The Morgan fingerprint density at radius 3 is 0.821 bits per heavy atom. The minimum Gasteiger partial charge on any atom is -0.310 e. The summed E-state index contributed by atoms with van der Waals surface area (Å²) < 4.78 is 0. The normalized spacial score (nSPS) is 14.2. The molecule has 0 aliphatic heterocycles. The smallest absolute Gasteiger partial charge is 0.0540 e. The van der Waals surface area contributed by atoms with Crippen LogP contribution in [0.3, 0.4) is 0 Å². The summed E-state index contributed by atoms with van der Waals surface area (Å²) in [5.41, 5.74) is 31.7. The van der Waals surface area contributed by atoms with E-state index in [2.05, 4.69) is 379 Å². The van der Waals surface area contributed by atoms with Crippen LogP contribution < -0.4 is 9.80 Å². The Balaban J connectivity index is 0.623. The molecule has 0 amide bonds. The van der Waals surface area contributed by atoms with E-state index in [1.165, 1.54) is 133 Å². The Morgan fingerprint density at radius 2 is 0.474 bits per heavy atom. The largest absolute Gasteiger partial charge is 0.310 e. The molecule has 0 atom stereocenters. The van der Waals surface area contributed by atoms with Gasteiger partial charge < -0.3 is 9.80 Å². The van der Waals surface area contributed by atoms with Crippen LogP contribution in [0.4, 0.5) is 34.1 Å². The molecule has 14 aromatic carbocycles. The molecule has 2 heteroatoms. The van der Waals surface area contributed by atoms with E-state index < -0.39 is 0 Å². The van der Waals surface area contributed by atoms with E-state index in [9.17, 15) is 0 Å². The fraction of sp³-hybridized carbons (Fsp3) is 0.0968. The minimum absolute atomic E-state index is 0.177. The first-order valence-corrected chi connectivity index (χ1v) is 33.4. The number of hydrogen-bond acceptors (Lipinski definition) is 2. The van der Waals surface area contributed by atoms with Gasteiger partial charge in [0, 0.05) is 50.1 Å². The number of hydrogen-bond donors (Lipinski definition) is 0. The first-order chi connectivity index (χ1) is 46.3. The van der Waals surface area contributed by atoms with Crippen molar-refractivity contribution in [3.8, 4) is 55.6 Å². The molecule has 95 heavy (non-hydrogen) atoms. The lowest BCUT2D eigenvalue weighted by Gasteiger charge is -2.30. The lowest BCUT2D eigenvalue weighted by Crippen LogP contribution is -2.17. The van der Waals surface area contributed by atoms with Crippen molar-refractivity contribution < 1.29 is 0 Å². The lowest BCUT2D eigenvalue weighted by molar-refractivity contribution is 0.660. The SMILES string of the molecule is CC1(C)c2cc(/C=C/c3ccc4c(c3)C(C)(C)c3cc(N(c5ccc6ccccc6c5)c5ccccc5-c5ccccc5)ccc3-4)ccc2-c2ccc(/C=C/c3ccc4c(c3)C(C)(C)c3cc(N(c5ccc6ccccc6c5)c5ccccc5-c5ccccc5)ccc3-4)cc21. The third-order valence-corrected chi connectivity index (χ3v) is 21.0. The van der Waals surface area contributed by atoms with Crippen LogP contribution in [0.25, 0.3) is 101 Å². The van der Waals surface area contributed by atoms with Crippen molar-refractivity contribution in [2.45, 2.75) is 57.8 Å². The number of benzene rings is 14. The minimum atomic E-state index is -0.229. The van der Waals surface area contributed by atoms with Gasteiger partial charge in [-0.1, -0.05) is 309 Å². The van der Waals surface area contributed by atoms with Gasteiger partial charge in [0.2, 0.25) is 0 Å². The Bertz CT molecular complexity index is 5130. The van der Waals surface area contributed by atoms with Crippen molar-refractivity contribution in [3.05, 3.63) is 359 Å². The molecule has 3 aliphatic rings. The van der Waals surface area contributed by atoms with Crippen LogP contribution in [0.1, 0.15) is 97.2 Å². The van der Waals surface area contributed by atoms with Crippen molar-refractivity contribution in [2.75, 3.05) is 9.80 Å². The number of rotatable bonds is 12. The predicted octanol–water partition coefficient (Wildman–Crippen LogP) is 25.5. The third kappa shape index (κ3) is 9.77. The number of nitrogens with zero attached hydrogens (tertiary/aromatic N) is 2. The standard InChI is InChI=1S/C93H72N2/c1-91(2)83-53-61(33-35-63-39-49-79-81-51-45-73(59-87(81)92(3,4)85(79)55-63)94(71-43-41-65-21-13-15-27-69(65)57-71)89-31-19-17-29-75(89)67-23-9-7-10-24-67)37-47-77(83)78-48-38-62(54-84(78)91)34-36-64-40-50-80-82-52-46-74(60-88(82)93(5,6)86(80)56-64)95(72-44-42-66-22-14-16-28-70(66)58-72)90-32-20-18-30-76(90)68-25-11-8-12-26-68/h7-60H,1-6H3/b35-33+,36-34+. The van der Waals surface area contributed by atoms with Gasteiger partial charge in [0.1, 0.15) is 0 Å². The summed E-state index contributed by atoms with van der Waals surface area (Å²) in [6.45, 7) is 14.4. The van der Waals surface area contributed by atoms with Gasteiger partial charge >= 0.3 is 0 Å². The summed E-state index contributed by atoms with van der Waals surface area (Å²) in [4.78, 5) is 4.90. The van der Waals surface area contributed by atoms with E-state index in [1.54, 1.807) is 0 Å². The van der Waals surface area contributed by atoms with Crippen LogP contribution in [0.2, 0.25) is 0 Å². The molecule has 0 aromatic heterocycles. The third-order valence-electron chi connectivity index (χ3n) is 21.0. The molecule has 2 nitrogen and oxygen atoms in total. The van der Waals surface area contributed by atoms with Gasteiger partial charge in [0.15, 0.2) is 0 Å². The van der Waals surface area contributed by atoms with E-state index in [1.807, 2.05) is 0 Å². The van der Waals surface area contributed by atoms with Crippen LogP contribution in [-0.2, 0) is 16.2 Å². The predicted molar refractivity (Wildman–Crippen MR) is 405 cm³/mol. The molecule has 14 aromatic rings. The van der Waals surface area contributed by atoms with E-state index >= 15 is 0 Å². The van der Waals surface area contributed by atoms with Crippen molar-refractivity contribution in [1.82, 2.24) is 0 Å². The molecule has 0 spiro atoms.